The number of aryl methyl sites for hydroxylation is 1. The van der Waals surface area contributed by atoms with Crippen LogP contribution in [-0.4, -0.2) is 20.4 Å². The molecule has 1 fully saturated rings. The number of nitrogens with one attached hydrogen (secondary N) is 1. The van der Waals surface area contributed by atoms with Crippen LogP contribution in [0.1, 0.15) is 36.8 Å². The molecule has 1 amide bonds. The van der Waals surface area contributed by atoms with Crippen molar-refractivity contribution in [1.29, 1.82) is 0 Å². The Morgan fingerprint density at radius 3 is 2.48 bits per heavy atom. The first-order chi connectivity index (χ1) is 10.2. The van der Waals surface area contributed by atoms with Gasteiger partial charge in [-0.15, -0.1) is 12.4 Å². The van der Waals surface area contributed by atoms with Crippen LogP contribution in [0.3, 0.4) is 0 Å². The molecule has 0 unspecified atom stereocenters. The number of carbonyl (C=O) groups is 1. The van der Waals surface area contributed by atoms with Crippen molar-refractivity contribution >= 4 is 34.0 Å². The standard InChI is InChI=1S/C15H23N3O3S.ClH/c1-9-6-12(22(17,20)21)8-14(10(9)2)18-15(19)7-11-4-3-5-13(11)16;/h6,8,11,13H,3-5,7,16H2,1-2H3,(H,18,19)(H2,17,20,21);1H/t11-,13+;/m0./s1. The summed E-state index contributed by atoms with van der Waals surface area (Å²) >= 11 is 0. The number of hydrogen-bond donors (Lipinski definition) is 3. The Labute approximate surface area is 143 Å². The predicted molar refractivity (Wildman–Crippen MR) is 93.1 cm³/mol. The molecular weight excluding hydrogens is 338 g/mol. The maximum Gasteiger partial charge on any atom is 0.238 e. The summed E-state index contributed by atoms with van der Waals surface area (Å²) < 4.78 is 23.0. The van der Waals surface area contributed by atoms with E-state index in [4.69, 9.17) is 10.9 Å². The predicted octanol–water partition coefficient (Wildman–Crippen LogP) is 1.83. The second-order valence-electron chi connectivity index (χ2n) is 6.06. The highest BCUT2D eigenvalue weighted by molar-refractivity contribution is 7.89. The fourth-order valence-electron chi connectivity index (χ4n) is 2.88. The van der Waals surface area contributed by atoms with Gasteiger partial charge in [0.2, 0.25) is 15.9 Å². The van der Waals surface area contributed by atoms with Gasteiger partial charge in [0.15, 0.2) is 0 Å². The molecule has 2 rings (SSSR count). The number of rotatable bonds is 4. The molecule has 5 N–H and O–H groups in total. The average molecular weight is 362 g/mol. The van der Waals surface area contributed by atoms with Gasteiger partial charge < -0.3 is 11.1 Å². The Kier molecular flexibility index (Phi) is 6.59. The van der Waals surface area contributed by atoms with Gasteiger partial charge >= 0.3 is 0 Å². The van der Waals surface area contributed by atoms with E-state index in [1.165, 1.54) is 12.1 Å². The molecule has 1 aromatic rings. The van der Waals surface area contributed by atoms with Crippen LogP contribution in [0.25, 0.3) is 0 Å². The highest BCUT2D eigenvalue weighted by Crippen LogP contribution is 2.28. The number of sulfonamides is 1. The smallest absolute Gasteiger partial charge is 0.238 e. The summed E-state index contributed by atoms with van der Waals surface area (Å²) in [6.45, 7) is 3.62. The van der Waals surface area contributed by atoms with Gasteiger partial charge in [0, 0.05) is 18.2 Å². The fourth-order valence-corrected chi connectivity index (χ4v) is 3.50. The van der Waals surface area contributed by atoms with Crippen molar-refractivity contribution in [2.45, 2.75) is 50.5 Å². The monoisotopic (exact) mass is 361 g/mol. The summed E-state index contributed by atoms with van der Waals surface area (Å²) in [6.07, 6.45) is 3.33. The number of anilines is 1. The van der Waals surface area contributed by atoms with Gasteiger partial charge in [-0.3, -0.25) is 4.79 Å². The van der Waals surface area contributed by atoms with E-state index < -0.39 is 10.0 Å². The number of carbonyl (C=O) groups excluding carboxylic acids is 1. The second-order valence-corrected chi connectivity index (χ2v) is 7.63. The third-order valence-corrected chi connectivity index (χ3v) is 5.30. The average Bonchev–Trinajstić information content (AvgIpc) is 2.79. The van der Waals surface area contributed by atoms with Crippen LogP contribution in [0.4, 0.5) is 5.69 Å². The van der Waals surface area contributed by atoms with Crippen LogP contribution in [0.15, 0.2) is 17.0 Å². The third-order valence-electron chi connectivity index (χ3n) is 4.41. The Morgan fingerprint density at radius 1 is 1.30 bits per heavy atom. The maximum absolute atomic E-state index is 12.2. The molecule has 2 atom stereocenters. The lowest BCUT2D eigenvalue weighted by Gasteiger charge is -2.16. The van der Waals surface area contributed by atoms with Gasteiger partial charge in [-0.2, -0.15) is 0 Å². The highest BCUT2D eigenvalue weighted by atomic mass is 35.5. The summed E-state index contributed by atoms with van der Waals surface area (Å²) in [5.41, 5.74) is 8.06. The summed E-state index contributed by atoms with van der Waals surface area (Å²) in [5, 5.41) is 7.97. The van der Waals surface area contributed by atoms with E-state index in [2.05, 4.69) is 5.32 Å². The van der Waals surface area contributed by atoms with Crippen LogP contribution in [-0.2, 0) is 14.8 Å². The molecule has 0 saturated heterocycles. The van der Waals surface area contributed by atoms with E-state index in [0.29, 0.717) is 12.1 Å². The molecule has 0 heterocycles. The molecule has 6 nitrogen and oxygen atoms in total. The van der Waals surface area contributed by atoms with Gasteiger partial charge in [-0.1, -0.05) is 6.42 Å². The SMILES string of the molecule is Cc1cc(S(N)(=O)=O)cc(NC(=O)C[C@@H]2CCC[C@H]2N)c1C.Cl. The van der Waals surface area contributed by atoms with E-state index in [1.54, 1.807) is 6.92 Å². The quantitative estimate of drug-likeness (QED) is 0.758. The van der Waals surface area contributed by atoms with Gasteiger partial charge in [-0.05, 0) is 55.9 Å². The van der Waals surface area contributed by atoms with E-state index in [-0.39, 0.29) is 35.2 Å². The number of hydrogen-bond acceptors (Lipinski definition) is 4. The molecule has 130 valence electrons. The minimum absolute atomic E-state index is 0. The van der Waals surface area contributed by atoms with Crippen molar-refractivity contribution in [3.63, 3.8) is 0 Å². The molecule has 1 saturated carbocycles. The minimum Gasteiger partial charge on any atom is -0.327 e. The van der Waals surface area contributed by atoms with Crippen molar-refractivity contribution in [3.05, 3.63) is 23.3 Å². The normalized spacial score (nSPS) is 20.9. The molecule has 8 heteroatoms. The zero-order chi connectivity index (χ0) is 16.5. The molecule has 1 aromatic carbocycles. The van der Waals surface area contributed by atoms with Crippen molar-refractivity contribution in [1.82, 2.24) is 0 Å². The molecule has 0 bridgehead atoms. The molecular formula is C15H24ClN3O3S. The number of nitrogens with two attached hydrogens (primary N) is 2. The first-order valence-corrected chi connectivity index (χ1v) is 8.92. The lowest BCUT2D eigenvalue weighted by Crippen LogP contribution is -2.28. The Balaban J connectivity index is 0.00000264. The van der Waals surface area contributed by atoms with E-state index in [1.807, 2.05) is 6.92 Å². The highest BCUT2D eigenvalue weighted by Gasteiger charge is 2.26. The molecule has 0 aromatic heterocycles. The Bertz CT molecular complexity index is 691. The number of amides is 1. The summed E-state index contributed by atoms with van der Waals surface area (Å²) in [5.74, 6) is 0.0549. The molecule has 23 heavy (non-hydrogen) atoms. The van der Waals surface area contributed by atoms with Crippen molar-refractivity contribution < 1.29 is 13.2 Å². The lowest BCUT2D eigenvalue weighted by molar-refractivity contribution is -0.117. The Hall–Kier alpha value is -1.15. The topological polar surface area (TPSA) is 115 Å². The van der Waals surface area contributed by atoms with E-state index in [9.17, 15) is 13.2 Å². The summed E-state index contributed by atoms with van der Waals surface area (Å²) in [7, 11) is -3.80. The Morgan fingerprint density at radius 2 is 1.96 bits per heavy atom. The van der Waals surface area contributed by atoms with Crippen LogP contribution >= 0.6 is 12.4 Å². The minimum atomic E-state index is -3.80. The van der Waals surface area contributed by atoms with E-state index >= 15 is 0 Å². The zero-order valence-electron chi connectivity index (χ0n) is 13.3. The largest absolute Gasteiger partial charge is 0.327 e. The second kappa shape index (κ2) is 7.61. The number of primary sulfonamides is 1. The van der Waals surface area contributed by atoms with Crippen LogP contribution < -0.4 is 16.2 Å². The maximum atomic E-state index is 12.2. The number of benzene rings is 1. The van der Waals surface area contributed by atoms with E-state index in [0.717, 1.165) is 30.4 Å². The number of halogens is 1. The van der Waals surface area contributed by atoms with Gasteiger partial charge in [0.25, 0.3) is 0 Å². The van der Waals surface area contributed by atoms with Gasteiger partial charge in [0.1, 0.15) is 0 Å². The van der Waals surface area contributed by atoms with Crippen molar-refractivity contribution in [2.24, 2.45) is 16.8 Å². The molecule has 0 aliphatic heterocycles. The molecule has 1 aliphatic carbocycles. The van der Waals surface area contributed by atoms with Crippen molar-refractivity contribution in [2.75, 3.05) is 5.32 Å². The molecule has 1 aliphatic rings. The first kappa shape index (κ1) is 19.9. The van der Waals surface area contributed by atoms with Crippen molar-refractivity contribution in [3.8, 4) is 0 Å². The first-order valence-electron chi connectivity index (χ1n) is 7.38. The van der Waals surface area contributed by atoms with Gasteiger partial charge in [-0.25, -0.2) is 13.6 Å². The lowest BCUT2D eigenvalue weighted by atomic mass is 9.99. The zero-order valence-corrected chi connectivity index (χ0v) is 15.0. The van der Waals surface area contributed by atoms with Gasteiger partial charge in [0.05, 0.1) is 4.90 Å². The van der Waals surface area contributed by atoms with Crippen LogP contribution in [0.5, 0.6) is 0 Å². The summed E-state index contributed by atoms with van der Waals surface area (Å²) in [4.78, 5) is 12.2. The summed E-state index contributed by atoms with van der Waals surface area (Å²) in [6, 6.07) is 2.99. The van der Waals surface area contributed by atoms with Crippen LogP contribution in [0.2, 0.25) is 0 Å². The molecule has 0 radical (unpaired) electrons. The fraction of sp³-hybridized carbons (Fsp3) is 0.533. The van der Waals surface area contributed by atoms with Crippen LogP contribution in [0, 0.1) is 19.8 Å². The molecule has 0 spiro atoms. The third kappa shape index (κ3) is 4.91.